The third-order valence-corrected chi connectivity index (χ3v) is 31.4. The first-order valence-electron chi connectivity index (χ1n) is 48.7. The summed E-state index contributed by atoms with van der Waals surface area (Å²) in [5, 5.41) is 16.7. The number of rotatable bonds is 16. The molecule has 8 aromatic carbocycles. The summed E-state index contributed by atoms with van der Waals surface area (Å²) in [6.07, 6.45) is 30.7. The molecule has 136 heavy (non-hydrogen) atoms. The van der Waals surface area contributed by atoms with Crippen molar-refractivity contribution < 1.29 is 51.0 Å². The first-order chi connectivity index (χ1) is 66.2. The van der Waals surface area contributed by atoms with Gasteiger partial charge >= 0.3 is 0 Å². The van der Waals surface area contributed by atoms with Gasteiger partial charge in [-0.1, -0.05) is 147 Å². The van der Waals surface area contributed by atoms with Gasteiger partial charge in [0.25, 0.3) is 0 Å². The highest BCUT2D eigenvalue weighted by Crippen LogP contribution is 2.54. The minimum atomic E-state index is -0.555. The zero-order chi connectivity index (χ0) is 93.1. The van der Waals surface area contributed by atoms with Gasteiger partial charge < -0.3 is 33.8 Å². The Balaban J connectivity index is 0.000000108. The number of hydrogen-bond donors (Lipinski definition) is 0. The van der Waals surface area contributed by atoms with Crippen LogP contribution < -0.4 is 19.6 Å². The molecule has 0 radical (unpaired) electrons. The standard InChI is InChI=1S/C29H33FN4O.2C27H29FN4O2.C26H27FN4O2/c1-32-18-23(17-31-32)21-12-13-22(26(30)16-21)19-34-27-11-7-6-10-25(27)29(28(34)35)14-15-33(20-29)24-8-4-2-3-5-9-24;2*1-30-15-21(14-29-30)19-8-9-20(24(28)13-19)16-32-25-7-3-2-6-23(25)27(26(32)33)10-11-31(18-27)22-5-4-12-34-17-22;1-29-14-20(13-28-29)18-6-7-19(23(27)12-18)15-31-24-5-3-2-4-22(24)26(25(31)32)9-10-30(17-26)21-8-11-33-16-21/h6-7,10-13,16-18,24H,2-5,8-9,14-15,19-20H2,1H3;2*2-3,6-9,13-15,22H,4-5,10-12,16-18H2,1H3;2-7,12-14,21H,8-11,15-17H2,1H3. The molecular weight excluding hydrogens is 1720 g/mol. The third-order valence-electron chi connectivity index (χ3n) is 31.4. The predicted molar refractivity (Wildman–Crippen MR) is 515 cm³/mol. The molecule has 1 aliphatic carbocycles. The lowest BCUT2D eigenvalue weighted by molar-refractivity contribution is -0.123. The number of ether oxygens (including phenoxy) is 3. The van der Waals surface area contributed by atoms with Crippen LogP contribution in [-0.4, -0.2) is 199 Å². The Morgan fingerprint density at radius 1 is 0.301 bits per heavy atom. The molecule has 704 valence electrons. The Hall–Kier alpha value is -12.1. The van der Waals surface area contributed by atoms with Gasteiger partial charge in [0.1, 0.15) is 23.3 Å². The fourth-order valence-corrected chi connectivity index (χ4v) is 24.0. The van der Waals surface area contributed by atoms with E-state index in [1.54, 1.807) is 82.5 Å². The molecule has 7 saturated heterocycles. The van der Waals surface area contributed by atoms with Gasteiger partial charge in [-0.15, -0.1) is 0 Å². The Morgan fingerprint density at radius 3 is 0.809 bits per heavy atom. The molecule has 11 aliphatic heterocycles. The second kappa shape index (κ2) is 37.8. The molecule has 0 bridgehead atoms. The Bertz CT molecular complexity index is 6270. The zero-order valence-electron chi connectivity index (χ0n) is 78.0. The summed E-state index contributed by atoms with van der Waals surface area (Å²) in [5.41, 5.74) is 14.5. The largest absolute Gasteiger partial charge is 0.380 e. The highest BCUT2D eigenvalue weighted by Gasteiger charge is 2.60. The van der Waals surface area contributed by atoms with Crippen LogP contribution >= 0.6 is 0 Å². The summed E-state index contributed by atoms with van der Waals surface area (Å²) in [4.78, 5) is 72.9. The number of likely N-dealkylation sites (tertiary alicyclic amines) is 4. The highest BCUT2D eigenvalue weighted by molar-refractivity contribution is 6.11. The second-order valence-electron chi connectivity index (χ2n) is 39.6. The van der Waals surface area contributed by atoms with Gasteiger partial charge in [-0.3, -0.25) is 57.5 Å². The molecule has 4 spiro atoms. The van der Waals surface area contributed by atoms with Crippen molar-refractivity contribution in [1.29, 1.82) is 0 Å². The molecule has 4 aromatic heterocycles. The monoisotopic (exact) mass is 1840 g/mol. The number of carbonyl (C=O) groups excluding carboxylic acids is 4. The van der Waals surface area contributed by atoms with E-state index in [1.807, 2.05) is 161 Å². The number of aryl methyl sites for hydroxylation is 4. The van der Waals surface area contributed by atoms with Crippen molar-refractivity contribution in [2.24, 2.45) is 28.2 Å². The maximum Gasteiger partial charge on any atom is 0.239 e. The Morgan fingerprint density at radius 2 is 0.559 bits per heavy atom. The number of carbonyl (C=O) groups is 4. The van der Waals surface area contributed by atoms with Crippen molar-refractivity contribution >= 4 is 46.4 Å². The first-order valence-corrected chi connectivity index (χ1v) is 48.7. The first kappa shape index (κ1) is 90.4. The molecule has 12 aromatic rings. The van der Waals surface area contributed by atoms with Gasteiger partial charge in [0, 0.05) is 190 Å². The number of aromatic nitrogens is 8. The van der Waals surface area contributed by atoms with Crippen molar-refractivity contribution in [1.82, 2.24) is 58.7 Å². The molecule has 23 nitrogen and oxygen atoms in total. The number of fused-ring (bicyclic) bond motifs is 8. The van der Waals surface area contributed by atoms with Gasteiger partial charge in [0.2, 0.25) is 23.6 Å². The lowest BCUT2D eigenvalue weighted by atomic mass is 9.81. The zero-order valence-corrected chi connectivity index (χ0v) is 78.0. The van der Waals surface area contributed by atoms with E-state index in [1.165, 1.54) is 56.7 Å². The average Bonchev–Trinajstić information content (AvgIpc) is 1.58. The molecule has 27 heteroatoms. The molecule has 8 fully saturated rings. The summed E-state index contributed by atoms with van der Waals surface area (Å²) in [7, 11) is 7.36. The maximum atomic E-state index is 15.2. The van der Waals surface area contributed by atoms with Crippen LogP contribution in [0.2, 0.25) is 0 Å². The molecule has 7 atom stereocenters. The number of hydrogen-bond acceptors (Lipinski definition) is 15. The molecule has 1 saturated carbocycles. The lowest BCUT2D eigenvalue weighted by Crippen LogP contribution is -2.45. The van der Waals surface area contributed by atoms with E-state index in [9.17, 15) is 19.2 Å². The molecule has 24 rings (SSSR count). The quantitative estimate of drug-likeness (QED) is 0.0654. The van der Waals surface area contributed by atoms with Gasteiger partial charge in [0.05, 0.1) is 92.4 Å². The lowest BCUT2D eigenvalue weighted by Gasteiger charge is -2.32. The number of halogens is 4. The van der Waals surface area contributed by atoms with Gasteiger partial charge in [-0.2, -0.15) is 20.4 Å². The average molecular weight is 1840 g/mol. The number of nitrogens with zero attached hydrogens (tertiary/aromatic N) is 16. The molecule has 0 N–H and O–H groups in total. The Labute approximate surface area is 791 Å². The van der Waals surface area contributed by atoms with Crippen molar-refractivity contribution in [2.75, 3.05) is 112 Å². The van der Waals surface area contributed by atoms with Gasteiger partial charge in [-0.25, -0.2) is 17.6 Å². The van der Waals surface area contributed by atoms with E-state index in [0.29, 0.717) is 66.1 Å². The van der Waals surface area contributed by atoms with E-state index < -0.39 is 21.7 Å². The Kier molecular flexibility index (Phi) is 25.1. The number of anilines is 4. The van der Waals surface area contributed by atoms with Crippen LogP contribution in [-0.2, 0) is 109 Å². The minimum Gasteiger partial charge on any atom is -0.380 e. The molecule has 7 unspecified atom stereocenters. The van der Waals surface area contributed by atoms with Crippen LogP contribution in [0.25, 0.3) is 44.5 Å². The summed E-state index contributed by atoms with van der Waals surface area (Å²) >= 11 is 0. The summed E-state index contributed by atoms with van der Waals surface area (Å²) in [6.45, 7) is 12.1. The van der Waals surface area contributed by atoms with E-state index in [4.69, 9.17) is 14.2 Å². The summed E-state index contributed by atoms with van der Waals surface area (Å²) < 4.78 is 84.6. The van der Waals surface area contributed by atoms with E-state index >= 15 is 17.6 Å². The van der Waals surface area contributed by atoms with Gasteiger partial charge in [-0.05, 0) is 190 Å². The van der Waals surface area contributed by atoms with Crippen molar-refractivity contribution in [3.63, 3.8) is 0 Å². The van der Waals surface area contributed by atoms with E-state index in [-0.39, 0.29) is 73.1 Å². The van der Waals surface area contributed by atoms with Crippen LogP contribution in [0.5, 0.6) is 0 Å². The van der Waals surface area contributed by atoms with Crippen LogP contribution in [0.4, 0.5) is 40.3 Å². The molecule has 15 heterocycles. The molecule has 12 aliphatic rings. The predicted octanol–water partition coefficient (Wildman–Crippen LogP) is 16.7. The highest BCUT2D eigenvalue weighted by atomic mass is 19.1. The SMILES string of the molecule is Cn1cc(-c2ccc(CN3C(=O)C4(CCN(C5CCCCCC5)C4)c4ccccc43)c(F)c2)cn1.Cn1cc(-c2ccc(CN3C(=O)C4(CCN(C5CCCOC5)C4)c4ccccc43)c(F)c2)cn1.Cn1cc(-c2ccc(CN3C(=O)C4(CCN(C5CCCOC5)C4)c4ccccc43)c(F)c2)cn1.Cn1cc(-c2ccc(CN3C(=O)C4(CCN(C5CCOC5)C4)c4ccccc43)c(F)c2)cn1. The van der Waals surface area contributed by atoms with Crippen LogP contribution in [0.3, 0.4) is 0 Å². The number of benzene rings is 8. The molecular formula is C109H118F4N16O7. The van der Waals surface area contributed by atoms with Crippen molar-refractivity contribution in [3.8, 4) is 44.5 Å². The normalized spacial score (nSPS) is 24.4. The summed E-state index contributed by atoms with van der Waals surface area (Å²) in [6, 6.07) is 54.9. The third kappa shape index (κ3) is 17.0. The van der Waals surface area contributed by atoms with Crippen LogP contribution in [0.1, 0.15) is 141 Å². The van der Waals surface area contributed by atoms with Gasteiger partial charge in [0.15, 0.2) is 0 Å². The van der Waals surface area contributed by atoms with Crippen LogP contribution in [0.15, 0.2) is 219 Å². The molecule has 4 amide bonds. The minimum absolute atomic E-state index is 0.0841. The van der Waals surface area contributed by atoms with Crippen LogP contribution in [0, 0.1) is 23.3 Å². The second-order valence-corrected chi connectivity index (χ2v) is 39.6. The summed E-state index contributed by atoms with van der Waals surface area (Å²) in [5.74, 6) is -0.818. The number of amides is 4. The maximum absolute atomic E-state index is 15.2. The fourth-order valence-electron chi connectivity index (χ4n) is 24.0. The van der Waals surface area contributed by atoms with E-state index in [2.05, 4.69) is 64.3 Å². The number of para-hydroxylation sites is 4. The topological polar surface area (TPSA) is 193 Å². The fraction of sp³-hybridized carbons (Fsp3) is 0.413. The van der Waals surface area contributed by atoms with E-state index in [0.717, 1.165) is 220 Å². The smallest absolute Gasteiger partial charge is 0.239 e. The van der Waals surface area contributed by atoms with Crippen molar-refractivity contribution in [2.45, 2.75) is 168 Å². The van der Waals surface area contributed by atoms with Crippen molar-refractivity contribution in [3.05, 3.63) is 287 Å².